The fourth-order valence-corrected chi connectivity index (χ4v) is 1.81. The Balaban J connectivity index is 1.75. The Morgan fingerprint density at radius 3 is 3.06 bits per heavy atom. The number of rotatable bonds is 5. The van der Waals surface area contributed by atoms with Gasteiger partial charge in [-0.15, -0.1) is 0 Å². The molecule has 1 fully saturated rings. The van der Waals surface area contributed by atoms with Gasteiger partial charge < -0.3 is 10.1 Å². The van der Waals surface area contributed by atoms with Gasteiger partial charge in [0.2, 0.25) is 5.95 Å². The first-order chi connectivity index (χ1) is 8.88. The molecule has 2 rings (SSSR count). The van der Waals surface area contributed by atoms with E-state index in [0.717, 1.165) is 45.1 Å². The molecule has 1 aliphatic rings. The van der Waals surface area contributed by atoms with E-state index in [0.29, 0.717) is 12.4 Å². The summed E-state index contributed by atoms with van der Waals surface area (Å²) < 4.78 is 5.29. The lowest BCUT2D eigenvalue weighted by Gasteiger charge is -2.26. The Bertz CT molecular complexity index is 411. The van der Waals surface area contributed by atoms with Crippen LogP contribution in [0.4, 0.5) is 5.95 Å². The minimum atomic E-state index is 0.320. The quantitative estimate of drug-likeness (QED) is 0.806. The molecule has 1 aliphatic heterocycles. The summed E-state index contributed by atoms with van der Waals surface area (Å²) in [6.07, 6.45) is 2.00. The number of morpholine rings is 1. The van der Waals surface area contributed by atoms with E-state index in [1.807, 2.05) is 0 Å². The van der Waals surface area contributed by atoms with Crippen LogP contribution in [0.25, 0.3) is 0 Å². The number of nitrogens with zero attached hydrogens (tertiary/aromatic N) is 4. The minimum Gasteiger partial charge on any atom is -0.379 e. The summed E-state index contributed by atoms with van der Waals surface area (Å²) in [4.78, 5) is 10.7. The molecule has 6 nitrogen and oxygen atoms in total. The Morgan fingerprint density at radius 1 is 1.44 bits per heavy atom. The van der Waals surface area contributed by atoms with Gasteiger partial charge in [-0.25, -0.2) is 9.97 Å². The first-order valence-corrected chi connectivity index (χ1v) is 6.11. The first-order valence-electron chi connectivity index (χ1n) is 6.11. The smallest absolute Gasteiger partial charge is 0.222 e. The van der Waals surface area contributed by atoms with E-state index < -0.39 is 0 Å². The van der Waals surface area contributed by atoms with Gasteiger partial charge in [-0.05, 0) is 6.07 Å². The third kappa shape index (κ3) is 3.95. The number of anilines is 1. The Kier molecular flexibility index (Phi) is 4.88. The van der Waals surface area contributed by atoms with Gasteiger partial charge in [0, 0.05) is 32.4 Å². The monoisotopic (exact) mass is 247 g/mol. The van der Waals surface area contributed by atoms with Gasteiger partial charge in [-0.2, -0.15) is 5.26 Å². The molecular weight excluding hydrogens is 230 g/mol. The van der Waals surface area contributed by atoms with Crippen molar-refractivity contribution in [3.05, 3.63) is 18.0 Å². The lowest BCUT2D eigenvalue weighted by molar-refractivity contribution is 0.0398. The average Bonchev–Trinajstić information content (AvgIpc) is 2.41. The summed E-state index contributed by atoms with van der Waals surface area (Å²) in [6.45, 7) is 5.35. The number of nitriles is 1. The zero-order valence-electron chi connectivity index (χ0n) is 10.3. The van der Waals surface area contributed by atoms with Crippen LogP contribution in [0.3, 0.4) is 0 Å². The largest absolute Gasteiger partial charge is 0.379 e. The van der Waals surface area contributed by atoms with Crippen molar-refractivity contribution >= 4 is 5.95 Å². The van der Waals surface area contributed by atoms with Crippen molar-refractivity contribution in [2.24, 2.45) is 0 Å². The molecule has 0 atom stereocenters. The summed E-state index contributed by atoms with van der Waals surface area (Å²) in [5, 5.41) is 11.8. The van der Waals surface area contributed by atoms with E-state index in [2.05, 4.69) is 26.3 Å². The third-order valence-corrected chi connectivity index (χ3v) is 2.79. The van der Waals surface area contributed by atoms with E-state index in [-0.39, 0.29) is 0 Å². The van der Waals surface area contributed by atoms with Gasteiger partial charge in [-0.1, -0.05) is 0 Å². The van der Waals surface area contributed by atoms with Crippen molar-refractivity contribution < 1.29 is 4.74 Å². The van der Waals surface area contributed by atoms with E-state index in [9.17, 15) is 0 Å². The molecule has 0 radical (unpaired) electrons. The van der Waals surface area contributed by atoms with Gasteiger partial charge in [0.25, 0.3) is 0 Å². The highest BCUT2D eigenvalue weighted by molar-refractivity contribution is 5.25. The zero-order valence-corrected chi connectivity index (χ0v) is 10.3. The second-order valence-electron chi connectivity index (χ2n) is 4.09. The number of aromatic nitrogens is 2. The summed E-state index contributed by atoms with van der Waals surface area (Å²) >= 11 is 0. The summed E-state index contributed by atoms with van der Waals surface area (Å²) in [7, 11) is 0. The normalized spacial score (nSPS) is 16.2. The van der Waals surface area contributed by atoms with Crippen molar-refractivity contribution in [1.29, 1.82) is 5.26 Å². The summed E-state index contributed by atoms with van der Waals surface area (Å²) in [6, 6.07) is 3.84. The van der Waals surface area contributed by atoms with Gasteiger partial charge in [0.15, 0.2) is 0 Å². The van der Waals surface area contributed by atoms with Crippen molar-refractivity contribution in [3.63, 3.8) is 0 Å². The maximum atomic E-state index is 8.61. The molecule has 0 spiro atoms. The maximum Gasteiger partial charge on any atom is 0.222 e. The fourth-order valence-electron chi connectivity index (χ4n) is 1.81. The first kappa shape index (κ1) is 12.7. The van der Waals surface area contributed by atoms with E-state index >= 15 is 0 Å². The molecule has 0 amide bonds. The van der Waals surface area contributed by atoms with Crippen molar-refractivity contribution in [2.75, 3.05) is 44.7 Å². The van der Waals surface area contributed by atoms with Gasteiger partial charge in [-0.3, -0.25) is 4.90 Å². The topological polar surface area (TPSA) is 74.1 Å². The highest BCUT2D eigenvalue weighted by Gasteiger charge is 2.09. The SMILES string of the molecule is N#CCc1ccnc(NCCN2CCOCC2)n1. The lowest BCUT2D eigenvalue weighted by atomic mass is 10.3. The van der Waals surface area contributed by atoms with E-state index in [4.69, 9.17) is 10.00 Å². The predicted molar refractivity (Wildman–Crippen MR) is 67.1 cm³/mol. The Morgan fingerprint density at radius 2 is 2.28 bits per heavy atom. The van der Waals surface area contributed by atoms with Crippen molar-refractivity contribution in [3.8, 4) is 6.07 Å². The molecule has 6 heteroatoms. The van der Waals surface area contributed by atoms with Crippen LogP contribution in [0, 0.1) is 11.3 Å². The van der Waals surface area contributed by atoms with Crippen LogP contribution in [-0.4, -0.2) is 54.3 Å². The average molecular weight is 247 g/mol. The number of nitrogens with one attached hydrogen (secondary N) is 1. The molecule has 18 heavy (non-hydrogen) atoms. The summed E-state index contributed by atoms with van der Waals surface area (Å²) in [5.74, 6) is 0.594. The van der Waals surface area contributed by atoms with Crippen LogP contribution in [0.5, 0.6) is 0 Å². The lowest BCUT2D eigenvalue weighted by Crippen LogP contribution is -2.39. The van der Waals surface area contributed by atoms with Gasteiger partial charge >= 0.3 is 0 Å². The molecule has 1 aromatic heterocycles. The van der Waals surface area contributed by atoms with Crippen LogP contribution in [0.2, 0.25) is 0 Å². The van der Waals surface area contributed by atoms with Crippen LogP contribution in [0.15, 0.2) is 12.3 Å². The summed E-state index contributed by atoms with van der Waals surface area (Å²) in [5.41, 5.74) is 0.751. The second-order valence-corrected chi connectivity index (χ2v) is 4.09. The number of hydrogen-bond acceptors (Lipinski definition) is 6. The molecule has 1 saturated heterocycles. The highest BCUT2D eigenvalue weighted by atomic mass is 16.5. The molecule has 1 aromatic rings. The Labute approximate surface area is 107 Å². The highest BCUT2D eigenvalue weighted by Crippen LogP contribution is 2.01. The fraction of sp³-hybridized carbons (Fsp3) is 0.583. The molecule has 96 valence electrons. The Hall–Kier alpha value is -1.71. The third-order valence-electron chi connectivity index (χ3n) is 2.79. The predicted octanol–water partition coefficient (Wildman–Crippen LogP) is 0.287. The molecule has 0 unspecified atom stereocenters. The van der Waals surface area contributed by atoms with Gasteiger partial charge in [0.05, 0.1) is 31.4 Å². The van der Waals surface area contributed by atoms with Crippen LogP contribution in [0.1, 0.15) is 5.69 Å². The molecular formula is C12H17N5O. The molecule has 0 bridgehead atoms. The molecule has 0 saturated carbocycles. The van der Waals surface area contributed by atoms with E-state index in [1.165, 1.54) is 0 Å². The van der Waals surface area contributed by atoms with Crippen LogP contribution >= 0.6 is 0 Å². The number of hydrogen-bond donors (Lipinski definition) is 1. The molecule has 0 aliphatic carbocycles. The molecule has 1 N–H and O–H groups in total. The van der Waals surface area contributed by atoms with Crippen molar-refractivity contribution in [2.45, 2.75) is 6.42 Å². The van der Waals surface area contributed by atoms with Crippen LogP contribution in [-0.2, 0) is 11.2 Å². The zero-order chi connectivity index (χ0) is 12.6. The van der Waals surface area contributed by atoms with E-state index in [1.54, 1.807) is 12.3 Å². The maximum absolute atomic E-state index is 8.61. The van der Waals surface area contributed by atoms with Crippen molar-refractivity contribution in [1.82, 2.24) is 14.9 Å². The standard InChI is InChI=1S/C12H17N5O/c13-3-1-11-2-4-14-12(16-11)15-5-6-17-7-9-18-10-8-17/h2,4H,1,5-10H2,(H,14,15,16). The minimum absolute atomic E-state index is 0.320. The number of ether oxygens (including phenoxy) is 1. The molecule has 0 aromatic carbocycles. The molecule has 2 heterocycles. The van der Waals surface area contributed by atoms with Gasteiger partial charge in [0.1, 0.15) is 0 Å². The second kappa shape index (κ2) is 6.89. The van der Waals surface area contributed by atoms with Crippen LogP contribution < -0.4 is 5.32 Å².